The van der Waals surface area contributed by atoms with Crippen LogP contribution in [0.1, 0.15) is 19.4 Å². The molecule has 0 radical (unpaired) electrons. The largest absolute Gasteiger partial charge is 0.395 e. The molecule has 0 aliphatic carbocycles. The fraction of sp³-hybridized carbons (Fsp3) is 0.474. The molecule has 1 fully saturated rings. The molecule has 6 nitrogen and oxygen atoms in total. The number of aliphatic hydroxyl groups excluding tert-OH is 1. The lowest BCUT2D eigenvalue weighted by Crippen LogP contribution is -2.48. The standard InChI is InChI=1S/C19H24FN3O3/c1-13(2)23-18(25)16(14-3-5-15(20)6-4-14)17(19(23)26)22-9-7-21(8-10-22)11-12-24/h3-6,13,24H,7-12H2,1-2H3. The Bertz CT molecular complexity index is 722. The van der Waals surface area contributed by atoms with Crippen molar-refractivity contribution in [2.45, 2.75) is 19.9 Å². The second-order valence-corrected chi connectivity index (χ2v) is 6.86. The van der Waals surface area contributed by atoms with E-state index in [1.165, 1.54) is 17.0 Å². The quantitative estimate of drug-likeness (QED) is 0.791. The zero-order valence-corrected chi connectivity index (χ0v) is 15.1. The number of benzene rings is 1. The lowest BCUT2D eigenvalue weighted by atomic mass is 10.0. The number of imide groups is 1. The molecule has 0 spiro atoms. The van der Waals surface area contributed by atoms with E-state index in [0.717, 1.165) is 0 Å². The van der Waals surface area contributed by atoms with Crippen LogP contribution in [-0.4, -0.2) is 77.0 Å². The van der Waals surface area contributed by atoms with Crippen LogP contribution in [0.15, 0.2) is 30.0 Å². The van der Waals surface area contributed by atoms with Crippen molar-refractivity contribution in [3.8, 4) is 0 Å². The molecule has 1 N–H and O–H groups in total. The molecule has 7 heteroatoms. The highest BCUT2D eigenvalue weighted by Crippen LogP contribution is 2.33. The Morgan fingerprint density at radius 3 is 2.19 bits per heavy atom. The van der Waals surface area contributed by atoms with Crippen LogP contribution >= 0.6 is 0 Å². The summed E-state index contributed by atoms with van der Waals surface area (Å²) in [7, 11) is 0. The molecular weight excluding hydrogens is 337 g/mol. The van der Waals surface area contributed by atoms with E-state index in [9.17, 15) is 14.0 Å². The van der Waals surface area contributed by atoms with Crippen molar-refractivity contribution >= 4 is 17.4 Å². The Labute approximate surface area is 152 Å². The number of amides is 2. The van der Waals surface area contributed by atoms with Crippen LogP contribution in [0.4, 0.5) is 4.39 Å². The number of carbonyl (C=O) groups excluding carboxylic acids is 2. The van der Waals surface area contributed by atoms with E-state index < -0.39 is 0 Å². The Morgan fingerprint density at radius 2 is 1.65 bits per heavy atom. The number of rotatable bonds is 5. The van der Waals surface area contributed by atoms with Crippen LogP contribution in [0.5, 0.6) is 0 Å². The minimum absolute atomic E-state index is 0.0993. The predicted molar refractivity (Wildman–Crippen MR) is 95.4 cm³/mol. The molecule has 3 rings (SSSR count). The second kappa shape index (κ2) is 7.55. The molecule has 1 aromatic rings. The molecule has 0 unspecified atom stereocenters. The van der Waals surface area contributed by atoms with Crippen LogP contribution in [0, 0.1) is 5.82 Å². The maximum Gasteiger partial charge on any atom is 0.278 e. The molecule has 2 amide bonds. The summed E-state index contributed by atoms with van der Waals surface area (Å²) in [6.07, 6.45) is 0. The lowest BCUT2D eigenvalue weighted by Gasteiger charge is -2.36. The van der Waals surface area contributed by atoms with Crippen LogP contribution in [-0.2, 0) is 9.59 Å². The number of nitrogens with zero attached hydrogens (tertiary/aromatic N) is 3. The van der Waals surface area contributed by atoms with Gasteiger partial charge in [0.05, 0.1) is 12.2 Å². The molecule has 0 bridgehead atoms. The van der Waals surface area contributed by atoms with Crippen molar-refractivity contribution in [3.05, 3.63) is 41.3 Å². The number of carbonyl (C=O) groups is 2. The highest BCUT2D eigenvalue weighted by atomic mass is 19.1. The molecule has 140 valence electrons. The van der Waals surface area contributed by atoms with Crippen molar-refractivity contribution in [3.63, 3.8) is 0 Å². The molecule has 2 aliphatic heterocycles. The fourth-order valence-corrected chi connectivity index (χ4v) is 3.51. The number of aliphatic hydroxyl groups is 1. The minimum Gasteiger partial charge on any atom is -0.395 e. The summed E-state index contributed by atoms with van der Waals surface area (Å²) in [6.45, 7) is 6.94. The highest BCUT2D eigenvalue weighted by Gasteiger charge is 2.43. The highest BCUT2D eigenvalue weighted by molar-refractivity contribution is 6.35. The predicted octanol–water partition coefficient (Wildman–Crippen LogP) is 0.924. The van der Waals surface area contributed by atoms with Gasteiger partial charge >= 0.3 is 0 Å². The van der Waals surface area contributed by atoms with Gasteiger partial charge in [-0.2, -0.15) is 0 Å². The van der Waals surface area contributed by atoms with E-state index in [-0.39, 0.29) is 30.3 Å². The Kier molecular flexibility index (Phi) is 5.38. The Hall–Kier alpha value is -2.25. The number of hydrogen-bond donors (Lipinski definition) is 1. The zero-order chi connectivity index (χ0) is 18.8. The minimum atomic E-state index is -0.383. The van der Waals surface area contributed by atoms with Gasteiger partial charge in [0.15, 0.2) is 0 Å². The van der Waals surface area contributed by atoms with Crippen molar-refractivity contribution in [2.75, 3.05) is 39.3 Å². The zero-order valence-electron chi connectivity index (χ0n) is 15.1. The fourth-order valence-electron chi connectivity index (χ4n) is 3.51. The summed E-state index contributed by atoms with van der Waals surface area (Å²) in [6, 6.07) is 5.44. The molecule has 1 aromatic carbocycles. The second-order valence-electron chi connectivity index (χ2n) is 6.86. The molecule has 0 atom stereocenters. The monoisotopic (exact) mass is 361 g/mol. The van der Waals surface area contributed by atoms with Gasteiger partial charge in [0.1, 0.15) is 11.5 Å². The first-order chi connectivity index (χ1) is 12.4. The molecular formula is C19H24FN3O3. The molecule has 2 heterocycles. The SMILES string of the molecule is CC(C)N1C(=O)C(c2ccc(F)cc2)=C(N2CCN(CCO)CC2)C1=O. The van der Waals surface area contributed by atoms with Crippen LogP contribution < -0.4 is 0 Å². The number of hydrogen-bond acceptors (Lipinski definition) is 5. The van der Waals surface area contributed by atoms with Gasteiger partial charge in [-0.05, 0) is 31.5 Å². The average Bonchev–Trinajstić information content (AvgIpc) is 2.87. The van der Waals surface area contributed by atoms with E-state index in [1.54, 1.807) is 26.0 Å². The number of halogens is 1. The third-order valence-corrected chi connectivity index (χ3v) is 4.84. The third kappa shape index (κ3) is 3.37. The first-order valence-electron chi connectivity index (χ1n) is 8.90. The normalized spacial score (nSPS) is 19.3. The van der Waals surface area contributed by atoms with Gasteiger partial charge in [0, 0.05) is 38.8 Å². The van der Waals surface area contributed by atoms with Crippen LogP contribution in [0.3, 0.4) is 0 Å². The first-order valence-corrected chi connectivity index (χ1v) is 8.90. The molecule has 0 saturated carbocycles. The van der Waals surface area contributed by atoms with Gasteiger partial charge in [-0.15, -0.1) is 0 Å². The number of β-amino-alcohol motifs (C(OH)–C–C–N with tert-alkyl or cyclic N) is 1. The topological polar surface area (TPSA) is 64.1 Å². The van der Waals surface area contributed by atoms with Gasteiger partial charge < -0.3 is 10.0 Å². The van der Waals surface area contributed by atoms with Gasteiger partial charge in [-0.1, -0.05) is 12.1 Å². The summed E-state index contributed by atoms with van der Waals surface area (Å²) < 4.78 is 13.3. The smallest absolute Gasteiger partial charge is 0.278 e. The van der Waals surface area contributed by atoms with E-state index in [1.807, 2.05) is 4.90 Å². The van der Waals surface area contributed by atoms with Crippen LogP contribution in [0.2, 0.25) is 0 Å². The molecule has 2 aliphatic rings. The van der Waals surface area contributed by atoms with Gasteiger partial charge in [0.25, 0.3) is 11.8 Å². The van der Waals surface area contributed by atoms with Crippen molar-refractivity contribution < 1.29 is 19.1 Å². The number of piperazine rings is 1. The summed E-state index contributed by atoms with van der Waals surface area (Å²) in [4.78, 5) is 31.3. The molecule has 26 heavy (non-hydrogen) atoms. The average molecular weight is 361 g/mol. The molecule has 0 aromatic heterocycles. The first kappa shape index (κ1) is 18.5. The van der Waals surface area contributed by atoms with Gasteiger partial charge in [0.2, 0.25) is 0 Å². The van der Waals surface area contributed by atoms with E-state index in [4.69, 9.17) is 5.11 Å². The van der Waals surface area contributed by atoms with Crippen LogP contribution in [0.25, 0.3) is 5.57 Å². The van der Waals surface area contributed by atoms with E-state index >= 15 is 0 Å². The third-order valence-electron chi connectivity index (χ3n) is 4.84. The summed E-state index contributed by atoms with van der Waals surface area (Å²) >= 11 is 0. The Balaban J connectivity index is 1.97. The maximum absolute atomic E-state index is 13.3. The summed E-state index contributed by atoms with van der Waals surface area (Å²) in [5, 5.41) is 9.08. The van der Waals surface area contributed by atoms with Crippen molar-refractivity contribution in [1.82, 2.24) is 14.7 Å². The van der Waals surface area contributed by atoms with Crippen molar-refractivity contribution in [1.29, 1.82) is 0 Å². The van der Waals surface area contributed by atoms with Gasteiger partial charge in [-0.3, -0.25) is 19.4 Å². The van der Waals surface area contributed by atoms with Gasteiger partial charge in [-0.25, -0.2) is 4.39 Å². The summed E-state index contributed by atoms with van der Waals surface area (Å²) in [5.41, 5.74) is 1.30. The lowest BCUT2D eigenvalue weighted by molar-refractivity contribution is -0.139. The van der Waals surface area contributed by atoms with Crippen molar-refractivity contribution in [2.24, 2.45) is 0 Å². The molecule has 1 saturated heterocycles. The summed E-state index contributed by atoms with van der Waals surface area (Å²) in [5.74, 6) is -1.00. The maximum atomic E-state index is 13.3. The Morgan fingerprint density at radius 1 is 1.04 bits per heavy atom. The van der Waals surface area contributed by atoms with E-state index in [2.05, 4.69) is 4.90 Å². The van der Waals surface area contributed by atoms with E-state index in [0.29, 0.717) is 49.6 Å².